The molecule has 3 rings (SSSR count). The second kappa shape index (κ2) is 9.65. The van der Waals surface area contributed by atoms with Crippen LogP contribution in [-0.4, -0.2) is 40.5 Å². The van der Waals surface area contributed by atoms with Gasteiger partial charge in [-0.05, 0) is 37.1 Å². The van der Waals surface area contributed by atoms with Gasteiger partial charge >= 0.3 is 5.97 Å². The largest absolute Gasteiger partial charge is 0.493 e. The lowest BCUT2D eigenvalue weighted by atomic mass is 9.86. The third-order valence-electron chi connectivity index (χ3n) is 5.42. The summed E-state index contributed by atoms with van der Waals surface area (Å²) >= 11 is 0. The zero-order chi connectivity index (χ0) is 20.7. The van der Waals surface area contributed by atoms with E-state index in [0.717, 1.165) is 31.4 Å². The number of esters is 1. The third kappa shape index (κ3) is 4.65. The minimum atomic E-state index is -0.425. The fraction of sp³-hybridized carbons (Fsp3) is 0.435. The van der Waals surface area contributed by atoms with Gasteiger partial charge in [-0.3, -0.25) is 0 Å². The summed E-state index contributed by atoms with van der Waals surface area (Å²) in [5, 5.41) is 3.63. The van der Waals surface area contributed by atoms with Crippen molar-refractivity contribution in [2.45, 2.75) is 31.2 Å². The molecule has 0 spiro atoms. The molecule has 1 N–H and O–H groups in total. The number of carbonyl (C=O) groups is 1. The second-order valence-electron chi connectivity index (χ2n) is 7.18. The van der Waals surface area contributed by atoms with Crippen LogP contribution >= 0.6 is 0 Å². The molecule has 0 saturated carbocycles. The molecule has 0 aliphatic carbocycles. The summed E-state index contributed by atoms with van der Waals surface area (Å²) in [5.41, 5.74) is 1.12. The van der Waals surface area contributed by atoms with Gasteiger partial charge in [-0.1, -0.05) is 43.2 Å². The summed E-state index contributed by atoms with van der Waals surface area (Å²) in [6.45, 7) is 1.16. The second-order valence-corrected chi connectivity index (χ2v) is 7.18. The predicted molar refractivity (Wildman–Crippen MR) is 111 cm³/mol. The Morgan fingerprint density at radius 2 is 1.66 bits per heavy atom. The Morgan fingerprint density at radius 3 is 2.28 bits per heavy atom. The molecule has 0 radical (unpaired) electrons. The van der Waals surface area contributed by atoms with Crippen molar-refractivity contribution in [2.75, 3.05) is 34.5 Å². The highest BCUT2D eigenvalue weighted by molar-refractivity contribution is 5.91. The fourth-order valence-corrected chi connectivity index (χ4v) is 3.83. The van der Waals surface area contributed by atoms with Crippen LogP contribution in [-0.2, 0) is 10.3 Å². The van der Waals surface area contributed by atoms with Crippen LogP contribution in [0.3, 0.4) is 0 Å². The number of hydrogen-bond donors (Lipinski definition) is 1. The molecule has 1 saturated heterocycles. The van der Waals surface area contributed by atoms with E-state index in [1.54, 1.807) is 12.1 Å². The van der Waals surface area contributed by atoms with Crippen molar-refractivity contribution in [1.82, 2.24) is 5.32 Å². The molecule has 6 nitrogen and oxygen atoms in total. The van der Waals surface area contributed by atoms with Crippen molar-refractivity contribution >= 4 is 5.97 Å². The van der Waals surface area contributed by atoms with Gasteiger partial charge in [-0.25, -0.2) is 4.79 Å². The van der Waals surface area contributed by atoms with Crippen LogP contribution in [0, 0.1) is 0 Å². The molecule has 1 aliphatic rings. The Bertz CT molecular complexity index is 788. The van der Waals surface area contributed by atoms with Crippen LogP contribution in [0.2, 0.25) is 0 Å². The first-order valence-corrected chi connectivity index (χ1v) is 9.91. The number of carbonyl (C=O) groups excluding carboxylic acids is 1. The molecule has 0 aromatic heterocycles. The van der Waals surface area contributed by atoms with Gasteiger partial charge in [0.05, 0.1) is 32.4 Å². The topological polar surface area (TPSA) is 66.0 Å². The van der Waals surface area contributed by atoms with Crippen LogP contribution in [0.4, 0.5) is 0 Å². The monoisotopic (exact) mass is 399 g/mol. The van der Waals surface area contributed by atoms with Crippen LogP contribution in [0.25, 0.3) is 0 Å². The van der Waals surface area contributed by atoms with Gasteiger partial charge in [0.2, 0.25) is 5.75 Å². The average molecular weight is 399 g/mol. The molecule has 1 fully saturated rings. The summed E-state index contributed by atoms with van der Waals surface area (Å²) in [6, 6.07) is 13.4. The quantitative estimate of drug-likeness (QED) is 0.712. The summed E-state index contributed by atoms with van der Waals surface area (Å²) in [5.74, 6) is 0.858. The molecule has 1 unspecified atom stereocenters. The molecule has 156 valence electrons. The summed E-state index contributed by atoms with van der Waals surface area (Å²) in [6.07, 6.45) is 4.29. The van der Waals surface area contributed by atoms with Gasteiger partial charge in [0, 0.05) is 0 Å². The van der Waals surface area contributed by atoms with E-state index in [0.29, 0.717) is 22.8 Å². The zero-order valence-corrected chi connectivity index (χ0v) is 17.3. The van der Waals surface area contributed by atoms with Gasteiger partial charge < -0.3 is 24.3 Å². The van der Waals surface area contributed by atoms with E-state index in [2.05, 4.69) is 17.4 Å². The van der Waals surface area contributed by atoms with Crippen molar-refractivity contribution < 1.29 is 23.7 Å². The highest BCUT2D eigenvalue weighted by Crippen LogP contribution is 2.38. The van der Waals surface area contributed by atoms with Gasteiger partial charge in [0.1, 0.15) is 6.61 Å². The van der Waals surface area contributed by atoms with Crippen LogP contribution in [0.1, 0.15) is 41.6 Å². The Hall–Kier alpha value is -2.73. The average Bonchev–Trinajstić information content (AvgIpc) is 3.03. The maximum absolute atomic E-state index is 12.9. The van der Waals surface area contributed by atoms with Gasteiger partial charge in [-0.2, -0.15) is 0 Å². The summed E-state index contributed by atoms with van der Waals surface area (Å²) in [7, 11) is 4.57. The molecule has 29 heavy (non-hydrogen) atoms. The van der Waals surface area contributed by atoms with E-state index in [9.17, 15) is 4.79 Å². The van der Waals surface area contributed by atoms with Gasteiger partial charge in [-0.15, -0.1) is 0 Å². The van der Waals surface area contributed by atoms with Crippen LogP contribution in [0.5, 0.6) is 17.2 Å². The molecule has 0 amide bonds. The molecular formula is C23H29NO5. The lowest BCUT2D eigenvalue weighted by Crippen LogP contribution is -2.46. The summed E-state index contributed by atoms with van der Waals surface area (Å²) < 4.78 is 21.8. The lowest BCUT2D eigenvalue weighted by molar-refractivity contribution is 0.0349. The Balaban J connectivity index is 1.84. The van der Waals surface area contributed by atoms with Crippen molar-refractivity contribution in [2.24, 2.45) is 0 Å². The van der Waals surface area contributed by atoms with E-state index < -0.39 is 5.97 Å². The highest BCUT2D eigenvalue weighted by atomic mass is 16.5. The van der Waals surface area contributed by atoms with Crippen molar-refractivity contribution in [3.8, 4) is 17.2 Å². The number of benzene rings is 2. The van der Waals surface area contributed by atoms with Crippen molar-refractivity contribution in [3.05, 3.63) is 53.6 Å². The lowest BCUT2D eigenvalue weighted by Gasteiger charge is -2.34. The third-order valence-corrected chi connectivity index (χ3v) is 5.42. The minimum Gasteiger partial charge on any atom is -0.493 e. The maximum Gasteiger partial charge on any atom is 0.338 e. The maximum atomic E-state index is 12.9. The van der Waals surface area contributed by atoms with Gasteiger partial charge in [0.15, 0.2) is 11.5 Å². The number of hydrogen-bond acceptors (Lipinski definition) is 6. The molecule has 2 aromatic rings. The van der Waals surface area contributed by atoms with Crippen LogP contribution in [0.15, 0.2) is 42.5 Å². The Kier molecular flexibility index (Phi) is 6.99. The number of ether oxygens (including phenoxy) is 4. The number of nitrogens with one attached hydrogen (secondary N) is 1. The number of methoxy groups -OCH3 is 3. The van der Waals surface area contributed by atoms with Crippen molar-refractivity contribution in [1.29, 1.82) is 0 Å². The van der Waals surface area contributed by atoms with Crippen molar-refractivity contribution in [3.63, 3.8) is 0 Å². The summed E-state index contributed by atoms with van der Waals surface area (Å²) in [4.78, 5) is 12.9. The molecular weight excluding hydrogens is 370 g/mol. The first-order valence-electron chi connectivity index (χ1n) is 9.91. The predicted octanol–water partition coefficient (Wildman–Crippen LogP) is 3.93. The molecule has 2 aromatic carbocycles. The fourth-order valence-electron chi connectivity index (χ4n) is 3.83. The molecule has 1 atom stereocenters. The van der Waals surface area contributed by atoms with E-state index in [4.69, 9.17) is 18.9 Å². The molecule has 1 heterocycles. The molecule has 1 aliphatic heterocycles. The number of rotatable bonds is 7. The van der Waals surface area contributed by atoms with Gasteiger partial charge in [0.25, 0.3) is 0 Å². The smallest absolute Gasteiger partial charge is 0.338 e. The normalized spacial score (nSPS) is 19.1. The molecule has 6 heteroatoms. The first-order chi connectivity index (χ1) is 14.1. The highest BCUT2D eigenvalue weighted by Gasteiger charge is 2.34. The van der Waals surface area contributed by atoms with E-state index in [1.165, 1.54) is 27.8 Å². The van der Waals surface area contributed by atoms with E-state index in [-0.39, 0.29) is 12.1 Å². The molecule has 0 bridgehead atoms. The van der Waals surface area contributed by atoms with E-state index >= 15 is 0 Å². The zero-order valence-electron chi connectivity index (χ0n) is 17.3. The van der Waals surface area contributed by atoms with Crippen LogP contribution < -0.4 is 19.5 Å². The Morgan fingerprint density at radius 1 is 0.966 bits per heavy atom. The SMILES string of the molecule is COc1cc(C(=O)OCC2(c3ccccc3)CCCCCN2)cc(OC)c1OC. The standard InChI is InChI=1S/C23H29NO5/c1-26-19-14-17(15-20(27-2)21(19)28-3)22(25)29-16-23(12-8-5-9-13-24-23)18-10-6-4-7-11-18/h4,6-7,10-11,14-15,24H,5,8-9,12-13,16H2,1-3H3. The van der Waals surface area contributed by atoms with E-state index in [1.807, 2.05) is 18.2 Å². The minimum absolute atomic E-state index is 0.256. The first kappa shape index (κ1) is 21.0. The Labute approximate surface area is 172 Å².